The minimum absolute atomic E-state index is 0.397. The van der Waals surface area contributed by atoms with Crippen LogP contribution in [0.5, 0.6) is 0 Å². The molecular formula is C22H18FNO3. The molecule has 136 valence electrons. The molecule has 0 fully saturated rings. The SMILES string of the molecule is C[C@@H](OC(=O)/C=C/c1cccc2ccccc12)C(=O)Nc1ccc(F)cc1. The number of anilines is 1. The van der Waals surface area contributed by atoms with Crippen LogP contribution in [-0.2, 0) is 14.3 Å². The number of fused-ring (bicyclic) bond motifs is 1. The zero-order chi connectivity index (χ0) is 19.2. The fourth-order valence-corrected chi connectivity index (χ4v) is 2.60. The van der Waals surface area contributed by atoms with Crippen LogP contribution in [-0.4, -0.2) is 18.0 Å². The fraction of sp³-hybridized carbons (Fsp3) is 0.0909. The highest BCUT2D eigenvalue weighted by molar-refractivity contribution is 5.98. The second-order valence-electron chi connectivity index (χ2n) is 5.98. The number of hydrogen-bond donors (Lipinski definition) is 1. The Kier molecular flexibility index (Phi) is 5.61. The number of carbonyl (C=O) groups is 2. The van der Waals surface area contributed by atoms with Gasteiger partial charge in [-0.05, 0) is 53.6 Å². The Morgan fingerprint density at radius 2 is 1.70 bits per heavy atom. The van der Waals surface area contributed by atoms with Crippen molar-refractivity contribution in [1.29, 1.82) is 0 Å². The molecule has 0 unspecified atom stereocenters. The molecule has 0 aliphatic rings. The number of rotatable bonds is 5. The Bertz CT molecular complexity index is 991. The van der Waals surface area contributed by atoms with Gasteiger partial charge in [-0.15, -0.1) is 0 Å². The number of benzene rings is 3. The lowest BCUT2D eigenvalue weighted by Gasteiger charge is -2.12. The molecule has 27 heavy (non-hydrogen) atoms. The van der Waals surface area contributed by atoms with Crippen molar-refractivity contribution < 1.29 is 18.7 Å². The van der Waals surface area contributed by atoms with Gasteiger partial charge < -0.3 is 10.1 Å². The van der Waals surface area contributed by atoms with E-state index in [-0.39, 0.29) is 0 Å². The van der Waals surface area contributed by atoms with Crippen LogP contribution in [0.2, 0.25) is 0 Å². The highest BCUT2D eigenvalue weighted by Gasteiger charge is 2.16. The zero-order valence-corrected chi connectivity index (χ0v) is 14.7. The van der Waals surface area contributed by atoms with Crippen LogP contribution in [0, 0.1) is 5.82 Å². The van der Waals surface area contributed by atoms with Gasteiger partial charge in [0.05, 0.1) is 0 Å². The third-order valence-corrected chi connectivity index (χ3v) is 4.00. The molecule has 0 saturated carbocycles. The van der Waals surface area contributed by atoms with Crippen LogP contribution in [0.4, 0.5) is 10.1 Å². The Balaban J connectivity index is 1.61. The van der Waals surface area contributed by atoms with Crippen LogP contribution < -0.4 is 5.32 Å². The smallest absolute Gasteiger partial charge is 0.331 e. The van der Waals surface area contributed by atoms with E-state index in [1.165, 1.54) is 37.3 Å². The minimum Gasteiger partial charge on any atom is -0.449 e. The number of amides is 1. The van der Waals surface area contributed by atoms with Crippen LogP contribution in [0.3, 0.4) is 0 Å². The van der Waals surface area contributed by atoms with Gasteiger partial charge in [-0.1, -0.05) is 42.5 Å². The number of hydrogen-bond acceptors (Lipinski definition) is 3. The number of nitrogens with one attached hydrogen (secondary N) is 1. The quantitative estimate of drug-likeness (QED) is 0.534. The maximum absolute atomic E-state index is 12.9. The summed E-state index contributed by atoms with van der Waals surface area (Å²) in [6.07, 6.45) is 1.97. The summed E-state index contributed by atoms with van der Waals surface area (Å²) in [7, 11) is 0. The molecule has 0 bridgehead atoms. The molecule has 5 heteroatoms. The Hall–Kier alpha value is -3.47. The van der Waals surface area contributed by atoms with E-state index < -0.39 is 23.8 Å². The van der Waals surface area contributed by atoms with E-state index in [9.17, 15) is 14.0 Å². The van der Waals surface area contributed by atoms with Crippen molar-refractivity contribution in [3.05, 3.63) is 84.2 Å². The molecule has 3 aromatic rings. The van der Waals surface area contributed by atoms with Crippen LogP contribution in [0.25, 0.3) is 16.8 Å². The molecular weight excluding hydrogens is 345 g/mol. The molecule has 3 aromatic carbocycles. The maximum Gasteiger partial charge on any atom is 0.331 e. The van der Waals surface area contributed by atoms with Gasteiger partial charge in [-0.25, -0.2) is 9.18 Å². The van der Waals surface area contributed by atoms with E-state index in [1.54, 1.807) is 6.08 Å². The van der Waals surface area contributed by atoms with Crippen molar-refractivity contribution in [2.24, 2.45) is 0 Å². The van der Waals surface area contributed by atoms with Crippen molar-refractivity contribution in [2.45, 2.75) is 13.0 Å². The summed E-state index contributed by atoms with van der Waals surface area (Å²) in [5, 5.41) is 4.65. The summed E-state index contributed by atoms with van der Waals surface area (Å²) in [6.45, 7) is 1.47. The van der Waals surface area contributed by atoms with E-state index in [1.807, 2.05) is 42.5 Å². The van der Waals surface area contributed by atoms with Crippen LogP contribution in [0.1, 0.15) is 12.5 Å². The first-order chi connectivity index (χ1) is 13.0. The van der Waals surface area contributed by atoms with Gasteiger partial charge in [0.2, 0.25) is 0 Å². The normalized spacial score (nSPS) is 12.1. The first-order valence-corrected chi connectivity index (χ1v) is 8.46. The summed E-state index contributed by atoms with van der Waals surface area (Å²) in [4.78, 5) is 24.1. The van der Waals surface area contributed by atoms with Crippen LogP contribution in [0.15, 0.2) is 72.8 Å². The number of carbonyl (C=O) groups excluding carboxylic acids is 2. The average Bonchev–Trinajstić information content (AvgIpc) is 2.68. The van der Waals surface area contributed by atoms with Crippen molar-refractivity contribution in [1.82, 2.24) is 0 Å². The van der Waals surface area contributed by atoms with E-state index in [4.69, 9.17) is 4.74 Å². The van der Waals surface area contributed by atoms with Gasteiger partial charge in [0, 0.05) is 11.8 Å². The summed E-state index contributed by atoms with van der Waals surface area (Å²) < 4.78 is 18.0. The summed E-state index contributed by atoms with van der Waals surface area (Å²) >= 11 is 0. The fourth-order valence-electron chi connectivity index (χ4n) is 2.60. The van der Waals surface area contributed by atoms with Gasteiger partial charge in [0.15, 0.2) is 6.10 Å². The third kappa shape index (κ3) is 4.79. The Morgan fingerprint density at radius 3 is 2.48 bits per heavy atom. The topological polar surface area (TPSA) is 55.4 Å². The second-order valence-corrected chi connectivity index (χ2v) is 5.98. The van der Waals surface area contributed by atoms with Crippen molar-refractivity contribution in [2.75, 3.05) is 5.32 Å². The maximum atomic E-state index is 12.9. The second kappa shape index (κ2) is 8.27. The molecule has 0 aliphatic heterocycles. The predicted molar refractivity (Wildman–Crippen MR) is 104 cm³/mol. The van der Waals surface area contributed by atoms with E-state index >= 15 is 0 Å². The molecule has 0 aromatic heterocycles. The molecule has 1 amide bonds. The van der Waals surface area contributed by atoms with E-state index in [0.717, 1.165) is 16.3 Å². The van der Waals surface area contributed by atoms with Crippen molar-refractivity contribution in [3.8, 4) is 0 Å². The largest absolute Gasteiger partial charge is 0.449 e. The number of esters is 1. The monoisotopic (exact) mass is 363 g/mol. The lowest BCUT2D eigenvalue weighted by atomic mass is 10.0. The van der Waals surface area contributed by atoms with Crippen LogP contribution >= 0.6 is 0 Å². The Labute approximate surface area is 156 Å². The van der Waals surface area contributed by atoms with E-state index in [0.29, 0.717) is 5.69 Å². The van der Waals surface area contributed by atoms with Crippen molar-refractivity contribution in [3.63, 3.8) is 0 Å². The summed E-state index contributed by atoms with van der Waals surface area (Å²) in [5.41, 5.74) is 1.31. The molecule has 0 radical (unpaired) electrons. The van der Waals surface area contributed by atoms with Crippen molar-refractivity contribution >= 4 is 34.4 Å². The van der Waals surface area contributed by atoms with Gasteiger partial charge in [-0.3, -0.25) is 4.79 Å². The predicted octanol–water partition coefficient (Wildman–Crippen LogP) is 4.56. The number of halogens is 1. The first-order valence-electron chi connectivity index (χ1n) is 8.46. The molecule has 0 heterocycles. The summed E-state index contributed by atoms with van der Waals surface area (Å²) in [5.74, 6) is -1.51. The van der Waals surface area contributed by atoms with Gasteiger partial charge in [0.1, 0.15) is 5.82 Å². The Morgan fingerprint density at radius 1 is 1.00 bits per heavy atom. The molecule has 1 N–H and O–H groups in total. The standard InChI is InChI=1S/C22H18FNO3/c1-15(22(26)24-19-12-10-18(23)11-13-19)27-21(25)14-9-17-7-4-6-16-5-2-3-8-20(16)17/h2-15H,1H3,(H,24,26)/b14-9+/t15-/m1/s1. The average molecular weight is 363 g/mol. The lowest BCUT2D eigenvalue weighted by Crippen LogP contribution is -2.29. The molecule has 0 aliphatic carbocycles. The lowest BCUT2D eigenvalue weighted by molar-refractivity contribution is -0.148. The minimum atomic E-state index is -0.986. The highest BCUT2D eigenvalue weighted by Crippen LogP contribution is 2.19. The van der Waals surface area contributed by atoms with Gasteiger partial charge in [0.25, 0.3) is 5.91 Å². The molecule has 1 atom stereocenters. The molecule has 3 rings (SSSR count). The number of ether oxygens (including phenoxy) is 1. The molecule has 4 nitrogen and oxygen atoms in total. The third-order valence-electron chi connectivity index (χ3n) is 4.00. The molecule has 0 saturated heterocycles. The van der Waals surface area contributed by atoms with Gasteiger partial charge in [-0.2, -0.15) is 0 Å². The van der Waals surface area contributed by atoms with Gasteiger partial charge >= 0.3 is 5.97 Å². The first kappa shape index (κ1) is 18.3. The summed E-state index contributed by atoms with van der Waals surface area (Å²) in [6, 6.07) is 19.0. The molecule has 0 spiro atoms. The highest BCUT2D eigenvalue weighted by atomic mass is 19.1. The zero-order valence-electron chi connectivity index (χ0n) is 14.7. The van der Waals surface area contributed by atoms with E-state index in [2.05, 4.69) is 5.32 Å².